The highest BCUT2D eigenvalue weighted by molar-refractivity contribution is 6.30. The van der Waals surface area contributed by atoms with Crippen molar-refractivity contribution in [3.8, 4) is 11.5 Å². The van der Waals surface area contributed by atoms with Crippen molar-refractivity contribution in [1.29, 1.82) is 0 Å². The lowest BCUT2D eigenvalue weighted by atomic mass is 10.1. The van der Waals surface area contributed by atoms with Crippen LogP contribution in [-0.2, 0) is 6.42 Å². The van der Waals surface area contributed by atoms with Crippen molar-refractivity contribution in [2.24, 2.45) is 0 Å². The summed E-state index contributed by atoms with van der Waals surface area (Å²) in [4.78, 5) is 0. The fraction of sp³-hybridized carbons (Fsp3) is 0.294. The van der Waals surface area contributed by atoms with Crippen LogP contribution in [0.15, 0.2) is 48.5 Å². The summed E-state index contributed by atoms with van der Waals surface area (Å²) >= 11 is 5.95. The second kappa shape index (κ2) is 7.91. The molecule has 21 heavy (non-hydrogen) atoms. The molecule has 1 atom stereocenters. The zero-order valence-electron chi connectivity index (χ0n) is 12.3. The molecule has 1 N–H and O–H groups in total. The first-order chi connectivity index (χ1) is 10.2. The van der Waals surface area contributed by atoms with E-state index in [4.69, 9.17) is 21.1 Å². The Bertz CT molecular complexity index is 574. The molecule has 4 heteroatoms. The second-order valence-electron chi connectivity index (χ2n) is 4.81. The van der Waals surface area contributed by atoms with E-state index in [2.05, 4.69) is 11.4 Å². The zero-order valence-corrected chi connectivity index (χ0v) is 13.1. The Hall–Kier alpha value is -1.71. The summed E-state index contributed by atoms with van der Waals surface area (Å²) in [5.41, 5.74) is 1.21. The van der Waals surface area contributed by atoms with Gasteiger partial charge in [0.05, 0.1) is 7.11 Å². The van der Waals surface area contributed by atoms with Gasteiger partial charge in [-0.1, -0.05) is 29.8 Å². The largest absolute Gasteiger partial charge is 0.497 e. The first-order valence-corrected chi connectivity index (χ1v) is 7.27. The maximum Gasteiger partial charge on any atom is 0.120 e. The van der Waals surface area contributed by atoms with Crippen LogP contribution in [-0.4, -0.2) is 26.8 Å². The van der Waals surface area contributed by atoms with Crippen LogP contribution in [0.2, 0.25) is 5.02 Å². The van der Waals surface area contributed by atoms with Gasteiger partial charge in [0, 0.05) is 11.1 Å². The normalized spacial score (nSPS) is 12.0. The van der Waals surface area contributed by atoms with Gasteiger partial charge in [0.1, 0.15) is 18.1 Å². The van der Waals surface area contributed by atoms with Crippen LogP contribution >= 0.6 is 11.6 Å². The highest BCUT2D eigenvalue weighted by atomic mass is 35.5. The molecule has 1 unspecified atom stereocenters. The third-order valence-corrected chi connectivity index (χ3v) is 3.51. The summed E-state index contributed by atoms with van der Waals surface area (Å²) in [5, 5.41) is 3.96. The van der Waals surface area contributed by atoms with E-state index in [1.165, 1.54) is 5.56 Å². The first-order valence-electron chi connectivity index (χ1n) is 6.90. The van der Waals surface area contributed by atoms with Crippen LogP contribution in [0.1, 0.15) is 5.56 Å². The van der Waals surface area contributed by atoms with Gasteiger partial charge in [0.15, 0.2) is 0 Å². The van der Waals surface area contributed by atoms with E-state index < -0.39 is 0 Å². The molecule has 0 amide bonds. The molecule has 0 radical (unpaired) electrons. The maximum atomic E-state index is 5.95. The molecule has 0 aliphatic rings. The summed E-state index contributed by atoms with van der Waals surface area (Å²) in [7, 11) is 3.61. The van der Waals surface area contributed by atoms with Gasteiger partial charge in [-0.25, -0.2) is 0 Å². The standard InChI is InChI=1S/C17H20ClNO2/c1-19-15(9-13-5-3-7-16(10-13)20-2)12-21-17-8-4-6-14(18)11-17/h3-8,10-11,15,19H,9,12H2,1-2H3. The average Bonchev–Trinajstić information content (AvgIpc) is 2.51. The fourth-order valence-corrected chi connectivity index (χ4v) is 2.26. The van der Waals surface area contributed by atoms with Crippen molar-refractivity contribution in [3.63, 3.8) is 0 Å². The molecule has 0 aromatic heterocycles. The molecule has 0 saturated heterocycles. The quantitative estimate of drug-likeness (QED) is 0.848. The van der Waals surface area contributed by atoms with Gasteiger partial charge in [-0.3, -0.25) is 0 Å². The van der Waals surface area contributed by atoms with Crippen molar-refractivity contribution < 1.29 is 9.47 Å². The minimum absolute atomic E-state index is 0.219. The van der Waals surface area contributed by atoms with Gasteiger partial charge in [-0.2, -0.15) is 0 Å². The van der Waals surface area contributed by atoms with Crippen LogP contribution < -0.4 is 14.8 Å². The van der Waals surface area contributed by atoms with Gasteiger partial charge in [-0.15, -0.1) is 0 Å². The summed E-state index contributed by atoms with van der Waals surface area (Å²) in [6, 6.07) is 15.7. The fourth-order valence-electron chi connectivity index (χ4n) is 2.08. The number of likely N-dealkylation sites (N-methyl/N-ethyl adjacent to an activating group) is 1. The molecule has 0 aliphatic heterocycles. The number of ether oxygens (including phenoxy) is 2. The molecule has 112 valence electrons. The minimum Gasteiger partial charge on any atom is -0.497 e. The average molecular weight is 306 g/mol. The summed E-state index contributed by atoms with van der Waals surface area (Å²) in [5.74, 6) is 1.66. The topological polar surface area (TPSA) is 30.5 Å². The van der Waals surface area contributed by atoms with Crippen molar-refractivity contribution in [2.45, 2.75) is 12.5 Å². The number of hydrogen-bond donors (Lipinski definition) is 1. The van der Waals surface area contributed by atoms with Crippen molar-refractivity contribution in [2.75, 3.05) is 20.8 Å². The van der Waals surface area contributed by atoms with Crippen molar-refractivity contribution >= 4 is 11.6 Å². The Morgan fingerprint density at radius 3 is 2.57 bits per heavy atom. The van der Waals surface area contributed by atoms with Gasteiger partial charge >= 0.3 is 0 Å². The first kappa shape index (κ1) is 15.7. The van der Waals surface area contributed by atoms with Crippen LogP contribution in [0.3, 0.4) is 0 Å². The predicted molar refractivity (Wildman–Crippen MR) is 86.5 cm³/mol. The van der Waals surface area contributed by atoms with E-state index in [-0.39, 0.29) is 6.04 Å². The monoisotopic (exact) mass is 305 g/mol. The molecular formula is C17H20ClNO2. The molecule has 0 spiro atoms. The number of methoxy groups -OCH3 is 1. The van der Waals surface area contributed by atoms with E-state index >= 15 is 0 Å². The predicted octanol–water partition coefficient (Wildman–Crippen LogP) is 3.56. The van der Waals surface area contributed by atoms with Crippen molar-refractivity contribution in [3.05, 3.63) is 59.1 Å². The molecule has 0 saturated carbocycles. The lowest BCUT2D eigenvalue weighted by Gasteiger charge is -2.17. The van der Waals surface area contributed by atoms with Crippen LogP contribution in [0.4, 0.5) is 0 Å². The van der Waals surface area contributed by atoms with E-state index in [1.807, 2.05) is 49.5 Å². The minimum atomic E-state index is 0.219. The Balaban J connectivity index is 1.93. The Morgan fingerprint density at radius 1 is 1.10 bits per heavy atom. The number of hydrogen-bond acceptors (Lipinski definition) is 3. The van der Waals surface area contributed by atoms with Crippen molar-refractivity contribution in [1.82, 2.24) is 5.32 Å². The Morgan fingerprint density at radius 2 is 1.86 bits per heavy atom. The lowest BCUT2D eigenvalue weighted by Crippen LogP contribution is -2.33. The number of nitrogens with one attached hydrogen (secondary N) is 1. The lowest BCUT2D eigenvalue weighted by molar-refractivity contribution is 0.269. The third-order valence-electron chi connectivity index (χ3n) is 3.27. The highest BCUT2D eigenvalue weighted by Gasteiger charge is 2.09. The van der Waals surface area contributed by atoms with Gasteiger partial charge < -0.3 is 14.8 Å². The maximum absolute atomic E-state index is 5.95. The summed E-state index contributed by atoms with van der Waals surface area (Å²) in [6.07, 6.45) is 0.869. The smallest absolute Gasteiger partial charge is 0.120 e. The zero-order chi connectivity index (χ0) is 15.1. The molecule has 0 heterocycles. The SMILES string of the molecule is CNC(COc1cccc(Cl)c1)Cc1cccc(OC)c1. The number of halogens is 1. The van der Waals surface area contributed by atoms with E-state index in [0.717, 1.165) is 17.9 Å². The molecule has 0 bridgehead atoms. The number of benzene rings is 2. The molecule has 0 aliphatic carbocycles. The molecule has 2 aromatic rings. The van der Waals surface area contributed by atoms with Crippen LogP contribution in [0.5, 0.6) is 11.5 Å². The van der Waals surface area contributed by atoms with Crippen LogP contribution in [0, 0.1) is 0 Å². The van der Waals surface area contributed by atoms with Gasteiger partial charge in [0.2, 0.25) is 0 Å². The van der Waals surface area contributed by atoms with Crippen LogP contribution in [0.25, 0.3) is 0 Å². The molecule has 0 fully saturated rings. The molecule has 3 nitrogen and oxygen atoms in total. The molecular weight excluding hydrogens is 286 g/mol. The summed E-state index contributed by atoms with van der Waals surface area (Å²) < 4.78 is 11.0. The van der Waals surface area contributed by atoms with E-state index in [1.54, 1.807) is 7.11 Å². The second-order valence-corrected chi connectivity index (χ2v) is 5.25. The van der Waals surface area contributed by atoms with E-state index in [0.29, 0.717) is 11.6 Å². The molecule has 2 rings (SSSR count). The van der Waals surface area contributed by atoms with E-state index in [9.17, 15) is 0 Å². The third kappa shape index (κ3) is 4.96. The summed E-state index contributed by atoms with van der Waals surface area (Å²) in [6.45, 7) is 0.577. The Labute approximate surface area is 130 Å². The van der Waals surface area contributed by atoms with Gasteiger partial charge in [-0.05, 0) is 49.4 Å². The number of rotatable bonds is 7. The Kier molecular flexibility index (Phi) is 5.90. The van der Waals surface area contributed by atoms with Gasteiger partial charge in [0.25, 0.3) is 0 Å². The molecule has 2 aromatic carbocycles. The highest BCUT2D eigenvalue weighted by Crippen LogP contribution is 2.18.